The van der Waals surface area contributed by atoms with Crippen LogP contribution in [0.15, 0.2) is 60.7 Å². The van der Waals surface area contributed by atoms with Crippen molar-refractivity contribution in [2.75, 3.05) is 13.2 Å². The molecule has 0 aromatic heterocycles. The Morgan fingerprint density at radius 2 is 1.07 bits per heavy atom. The monoisotopic (exact) mass is 368 g/mol. The molecule has 2 nitrogen and oxygen atoms in total. The molecule has 27 heavy (non-hydrogen) atoms. The quantitative estimate of drug-likeness (QED) is 0.471. The molecule has 2 aromatic carbocycles. The van der Waals surface area contributed by atoms with Gasteiger partial charge < -0.3 is 4.74 Å². The molecule has 0 heterocycles. The van der Waals surface area contributed by atoms with E-state index >= 15 is 0 Å². The van der Waals surface area contributed by atoms with Gasteiger partial charge in [-0.15, -0.1) is 0 Å². The first-order valence-corrected chi connectivity index (χ1v) is 10.1. The third kappa shape index (κ3) is 13.0. The van der Waals surface area contributed by atoms with Crippen LogP contribution >= 0.6 is 0 Å². The minimum atomic E-state index is 0.407. The van der Waals surface area contributed by atoms with Gasteiger partial charge in [-0.25, -0.2) is 0 Å². The highest BCUT2D eigenvalue weighted by atomic mass is 16.5. The molecule has 0 saturated heterocycles. The number of benzene rings is 2. The lowest BCUT2D eigenvalue weighted by molar-refractivity contribution is -0.120. The summed E-state index contributed by atoms with van der Waals surface area (Å²) in [6.07, 6.45) is 3.49. The van der Waals surface area contributed by atoms with E-state index in [-0.39, 0.29) is 0 Å². The average Bonchev–Trinajstić information content (AvgIpc) is 2.62. The Hall–Kier alpha value is -1.93. The summed E-state index contributed by atoms with van der Waals surface area (Å²) in [6, 6.07) is 20.9. The molecular formula is C25H36O2. The van der Waals surface area contributed by atoms with Crippen molar-refractivity contribution < 1.29 is 9.53 Å². The Balaban J connectivity index is 0.000000314. The molecule has 0 N–H and O–H groups in total. The van der Waals surface area contributed by atoms with Crippen molar-refractivity contribution in [1.29, 1.82) is 0 Å². The van der Waals surface area contributed by atoms with E-state index in [1.807, 2.05) is 12.1 Å². The van der Waals surface area contributed by atoms with Gasteiger partial charge in [-0.05, 0) is 35.8 Å². The summed E-state index contributed by atoms with van der Waals surface area (Å²) >= 11 is 0. The summed E-state index contributed by atoms with van der Waals surface area (Å²) < 4.78 is 5.64. The van der Waals surface area contributed by atoms with Crippen LogP contribution in [0.2, 0.25) is 0 Å². The SMILES string of the molecule is CC(C)CC(=O)CC(C)C.c1ccc(CCOCCc2ccccc2)cc1. The largest absolute Gasteiger partial charge is 0.381 e. The molecule has 0 aliphatic carbocycles. The Morgan fingerprint density at radius 1 is 0.704 bits per heavy atom. The van der Waals surface area contributed by atoms with Crippen LogP contribution in [0.4, 0.5) is 0 Å². The van der Waals surface area contributed by atoms with E-state index in [1.54, 1.807) is 0 Å². The number of ether oxygens (including phenoxy) is 1. The summed E-state index contributed by atoms with van der Waals surface area (Å²) in [6.45, 7) is 9.93. The van der Waals surface area contributed by atoms with Crippen LogP contribution in [-0.4, -0.2) is 19.0 Å². The number of rotatable bonds is 10. The second-order valence-corrected chi connectivity index (χ2v) is 7.82. The molecule has 0 aliphatic heterocycles. The highest BCUT2D eigenvalue weighted by molar-refractivity contribution is 5.78. The van der Waals surface area contributed by atoms with Crippen molar-refractivity contribution in [3.05, 3.63) is 71.8 Å². The van der Waals surface area contributed by atoms with Gasteiger partial charge in [0.2, 0.25) is 0 Å². The summed E-state index contributed by atoms with van der Waals surface area (Å²) in [5.41, 5.74) is 2.68. The van der Waals surface area contributed by atoms with Gasteiger partial charge >= 0.3 is 0 Å². The van der Waals surface area contributed by atoms with E-state index in [1.165, 1.54) is 11.1 Å². The maximum Gasteiger partial charge on any atom is 0.133 e. The summed E-state index contributed by atoms with van der Waals surface area (Å²) in [5.74, 6) is 1.45. The van der Waals surface area contributed by atoms with Gasteiger partial charge in [0, 0.05) is 12.8 Å². The lowest BCUT2D eigenvalue weighted by atomic mass is 10.00. The fourth-order valence-corrected chi connectivity index (χ4v) is 2.77. The first-order chi connectivity index (χ1) is 13.0. The number of hydrogen-bond acceptors (Lipinski definition) is 2. The Morgan fingerprint density at radius 3 is 1.41 bits per heavy atom. The van der Waals surface area contributed by atoms with Crippen molar-refractivity contribution in [3.8, 4) is 0 Å². The Labute approximate surface area is 166 Å². The molecule has 0 bridgehead atoms. The minimum Gasteiger partial charge on any atom is -0.381 e. The highest BCUT2D eigenvalue weighted by Gasteiger charge is 2.06. The van der Waals surface area contributed by atoms with E-state index < -0.39 is 0 Å². The number of Topliss-reactive ketones (excluding diaryl/α,β-unsaturated/α-hetero) is 1. The molecule has 0 amide bonds. The molecule has 0 saturated carbocycles. The van der Waals surface area contributed by atoms with Crippen molar-refractivity contribution in [1.82, 2.24) is 0 Å². The Kier molecular flexibility index (Phi) is 12.1. The number of carbonyl (C=O) groups excluding carboxylic acids is 1. The number of carbonyl (C=O) groups is 1. The van der Waals surface area contributed by atoms with Gasteiger partial charge in [0.05, 0.1) is 13.2 Å². The van der Waals surface area contributed by atoms with Crippen molar-refractivity contribution in [3.63, 3.8) is 0 Å². The smallest absolute Gasteiger partial charge is 0.133 e. The zero-order valence-electron chi connectivity index (χ0n) is 17.5. The molecule has 0 unspecified atom stereocenters. The van der Waals surface area contributed by atoms with Crippen LogP contribution < -0.4 is 0 Å². The summed E-state index contributed by atoms with van der Waals surface area (Å²) in [7, 11) is 0. The summed E-state index contributed by atoms with van der Waals surface area (Å²) in [4.78, 5) is 11.1. The van der Waals surface area contributed by atoms with Crippen LogP contribution in [0.25, 0.3) is 0 Å². The first-order valence-electron chi connectivity index (χ1n) is 10.1. The third-order valence-corrected chi connectivity index (χ3v) is 4.03. The van der Waals surface area contributed by atoms with Crippen molar-refractivity contribution in [2.24, 2.45) is 11.8 Å². The molecule has 2 rings (SSSR count). The Bertz CT molecular complexity index is 549. The molecule has 0 fully saturated rings. The minimum absolute atomic E-state index is 0.407. The maximum absolute atomic E-state index is 11.1. The fourth-order valence-electron chi connectivity index (χ4n) is 2.77. The summed E-state index contributed by atoms with van der Waals surface area (Å²) in [5, 5.41) is 0. The van der Waals surface area contributed by atoms with Gasteiger partial charge in [0.15, 0.2) is 0 Å². The molecule has 0 radical (unpaired) electrons. The normalized spacial score (nSPS) is 10.6. The second-order valence-electron chi connectivity index (χ2n) is 7.82. The zero-order chi connectivity index (χ0) is 19.9. The highest BCUT2D eigenvalue weighted by Crippen LogP contribution is 2.07. The van der Waals surface area contributed by atoms with Crippen LogP contribution in [0.5, 0.6) is 0 Å². The van der Waals surface area contributed by atoms with E-state index in [9.17, 15) is 4.79 Å². The van der Waals surface area contributed by atoms with Crippen LogP contribution in [0.3, 0.4) is 0 Å². The van der Waals surface area contributed by atoms with E-state index in [2.05, 4.69) is 76.2 Å². The molecular weight excluding hydrogens is 332 g/mol. The lowest BCUT2D eigenvalue weighted by Crippen LogP contribution is -2.05. The molecule has 2 heteroatoms. The predicted molar refractivity (Wildman–Crippen MR) is 115 cm³/mol. The second kappa shape index (κ2) is 14.2. The lowest BCUT2D eigenvalue weighted by Gasteiger charge is -2.05. The fraction of sp³-hybridized carbons (Fsp3) is 0.480. The van der Waals surface area contributed by atoms with Crippen LogP contribution in [0, 0.1) is 11.8 Å². The van der Waals surface area contributed by atoms with Gasteiger partial charge in [-0.1, -0.05) is 88.4 Å². The van der Waals surface area contributed by atoms with E-state index in [0.717, 1.165) is 38.9 Å². The van der Waals surface area contributed by atoms with Crippen molar-refractivity contribution in [2.45, 2.75) is 53.4 Å². The van der Waals surface area contributed by atoms with Gasteiger partial charge in [0.25, 0.3) is 0 Å². The van der Waals surface area contributed by atoms with Crippen LogP contribution in [0.1, 0.15) is 51.7 Å². The van der Waals surface area contributed by atoms with Gasteiger partial charge in [-0.3, -0.25) is 4.79 Å². The van der Waals surface area contributed by atoms with Gasteiger partial charge in [-0.2, -0.15) is 0 Å². The van der Waals surface area contributed by atoms with Gasteiger partial charge in [0.1, 0.15) is 5.78 Å². The van der Waals surface area contributed by atoms with E-state index in [0.29, 0.717) is 17.6 Å². The maximum atomic E-state index is 11.1. The van der Waals surface area contributed by atoms with E-state index in [4.69, 9.17) is 4.74 Å². The third-order valence-electron chi connectivity index (χ3n) is 4.03. The average molecular weight is 369 g/mol. The predicted octanol–water partition coefficient (Wildman–Crippen LogP) is 6.14. The molecule has 2 aromatic rings. The number of hydrogen-bond donors (Lipinski definition) is 0. The molecule has 0 spiro atoms. The first kappa shape index (κ1) is 23.1. The molecule has 0 aliphatic rings. The number of ketones is 1. The molecule has 0 atom stereocenters. The topological polar surface area (TPSA) is 26.3 Å². The standard InChI is InChI=1S/C16H18O.C9H18O/c1-3-7-15(8-4-1)11-13-17-14-12-16-9-5-2-6-10-16;1-7(2)5-9(10)6-8(3)4/h1-10H,11-14H2;7-8H,5-6H2,1-4H3. The zero-order valence-corrected chi connectivity index (χ0v) is 17.5. The van der Waals surface area contributed by atoms with Crippen molar-refractivity contribution >= 4 is 5.78 Å². The molecule has 148 valence electrons. The van der Waals surface area contributed by atoms with Crippen LogP contribution in [-0.2, 0) is 22.4 Å².